The quantitative estimate of drug-likeness (QED) is 0.820. The maximum Gasteiger partial charge on any atom is 0.414 e. The van der Waals surface area contributed by atoms with Gasteiger partial charge in [0, 0.05) is 20.1 Å². The summed E-state index contributed by atoms with van der Waals surface area (Å²) < 4.78 is 5.34. The van der Waals surface area contributed by atoms with E-state index in [1.807, 2.05) is 25.1 Å². The van der Waals surface area contributed by atoms with Gasteiger partial charge in [-0.05, 0) is 44.6 Å². The predicted molar refractivity (Wildman–Crippen MR) is 77.7 cm³/mol. The van der Waals surface area contributed by atoms with E-state index in [0.717, 1.165) is 6.54 Å². The fourth-order valence-electron chi connectivity index (χ4n) is 1.85. The van der Waals surface area contributed by atoms with E-state index in [1.54, 1.807) is 7.05 Å². The van der Waals surface area contributed by atoms with Crippen LogP contribution in [0.4, 0.5) is 4.79 Å². The number of hydrogen-bond acceptors (Lipinski definition) is 3. The minimum Gasteiger partial charge on any atom is -0.410 e. The Labute approximate surface area is 116 Å². The number of nitrogens with zero attached hydrogens (tertiary/aromatic N) is 2. The lowest BCUT2D eigenvalue weighted by Gasteiger charge is -2.18. The van der Waals surface area contributed by atoms with Crippen LogP contribution in [0, 0.1) is 0 Å². The molecule has 0 aliphatic heterocycles. The second-order valence-electron chi connectivity index (χ2n) is 5.12. The minimum absolute atomic E-state index is 0.320. The molecule has 1 atom stereocenters. The van der Waals surface area contributed by atoms with Gasteiger partial charge in [0.15, 0.2) is 0 Å². The van der Waals surface area contributed by atoms with Crippen LogP contribution in [0.1, 0.15) is 25.3 Å². The Morgan fingerprint density at radius 1 is 1.32 bits per heavy atom. The van der Waals surface area contributed by atoms with E-state index in [-0.39, 0.29) is 6.09 Å². The third kappa shape index (κ3) is 4.91. The number of hydrogen-bond donors (Lipinski definition) is 0. The zero-order valence-electron chi connectivity index (χ0n) is 12.5. The summed E-state index contributed by atoms with van der Waals surface area (Å²) in [5.74, 6) is 1.01. The van der Waals surface area contributed by atoms with Crippen LogP contribution in [-0.2, 0) is 0 Å². The lowest BCUT2D eigenvalue weighted by Crippen LogP contribution is -2.29. The lowest BCUT2D eigenvalue weighted by atomic mass is 10.0. The Morgan fingerprint density at radius 3 is 2.58 bits per heavy atom. The van der Waals surface area contributed by atoms with E-state index in [9.17, 15) is 4.79 Å². The number of carbonyl (C=O) groups is 1. The van der Waals surface area contributed by atoms with Crippen LogP contribution in [-0.4, -0.2) is 50.1 Å². The van der Waals surface area contributed by atoms with Crippen molar-refractivity contribution in [3.05, 3.63) is 29.8 Å². The summed E-state index contributed by atoms with van der Waals surface area (Å²) in [5.41, 5.74) is 1.18. The fraction of sp³-hybridized carbons (Fsp3) is 0.533. The molecule has 4 heteroatoms. The largest absolute Gasteiger partial charge is 0.414 e. The third-order valence-electron chi connectivity index (χ3n) is 3.06. The van der Waals surface area contributed by atoms with E-state index < -0.39 is 0 Å². The van der Waals surface area contributed by atoms with Crippen LogP contribution in [0.2, 0.25) is 0 Å². The molecule has 0 aromatic heterocycles. The number of likely N-dealkylation sites (N-methyl/N-ethyl adjacent to an activating group) is 1. The summed E-state index contributed by atoms with van der Waals surface area (Å²) in [5, 5.41) is 0. The summed E-state index contributed by atoms with van der Waals surface area (Å²) >= 11 is 0. The van der Waals surface area contributed by atoms with Gasteiger partial charge in [0.25, 0.3) is 0 Å². The second kappa shape index (κ2) is 7.14. The van der Waals surface area contributed by atoms with Gasteiger partial charge < -0.3 is 14.5 Å². The van der Waals surface area contributed by atoms with E-state index in [4.69, 9.17) is 4.74 Å². The fourth-order valence-corrected chi connectivity index (χ4v) is 1.85. The first-order chi connectivity index (χ1) is 8.93. The van der Waals surface area contributed by atoms with Crippen LogP contribution in [0.3, 0.4) is 0 Å². The SMILES string of the molecule is CCN(C)C(=O)Oc1cccc([C@H](C)CN(C)C)c1. The van der Waals surface area contributed by atoms with Crippen molar-refractivity contribution in [1.29, 1.82) is 0 Å². The van der Waals surface area contributed by atoms with Crippen LogP contribution in [0.15, 0.2) is 24.3 Å². The topological polar surface area (TPSA) is 32.8 Å². The van der Waals surface area contributed by atoms with Gasteiger partial charge in [-0.3, -0.25) is 0 Å². The molecule has 4 nitrogen and oxygen atoms in total. The zero-order valence-corrected chi connectivity index (χ0v) is 12.5. The molecule has 1 rings (SSSR count). The van der Waals surface area contributed by atoms with Gasteiger partial charge in [-0.15, -0.1) is 0 Å². The molecule has 0 saturated heterocycles. The maximum atomic E-state index is 11.7. The molecule has 1 aromatic carbocycles. The number of amides is 1. The predicted octanol–water partition coefficient (Wildman–Crippen LogP) is 2.80. The molecule has 0 radical (unpaired) electrons. The molecule has 0 bridgehead atoms. The Balaban J connectivity index is 2.74. The molecular formula is C15H24N2O2. The number of benzene rings is 1. The van der Waals surface area contributed by atoms with Crippen molar-refractivity contribution in [1.82, 2.24) is 9.80 Å². The highest BCUT2D eigenvalue weighted by Gasteiger charge is 2.11. The maximum absolute atomic E-state index is 11.7. The summed E-state index contributed by atoms with van der Waals surface area (Å²) in [7, 11) is 5.83. The van der Waals surface area contributed by atoms with Crippen molar-refractivity contribution in [2.45, 2.75) is 19.8 Å². The molecule has 0 saturated carbocycles. The Kier molecular flexibility index (Phi) is 5.83. The Hall–Kier alpha value is -1.55. The van der Waals surface area contributed by atoms with Crippen molar-refractivity contribution in [2.75, 3.05) is 34.2 Å². The van der Waals surface area contributed by atoms with Gasteiger partial charge in [0.05, 0.1) is 0 Å². The van der Waals surface area contributed by atoms with Gasteiger partial charge >= 0.3 is 6.09 Å². The monoisotopic (exact) mass is 264 g/mol. The highest BCUT2D eigenvalue weighted by atomic mass is 16.6. The third-order valence-corrected chi connectivity index (χ3v) is 3.06. The van der Waals surface area contributed by atoms with Crippen molar-refractivity contribution in [2.24, 2.45) is 0 Å². The first-order valence-electron chi connectivity index (χ1n) is 6.61. The van der Waals surface area contributed by atoms with E-state index in [2.05, 4.69) is 32.0 Å². The smallest absolute Gasteiger partial charge is 0.410 e. The van der Waals surface area contributed by atoms with Gasteiger partial charge in [0.1, 0.15) is 5.75 Å². The van der Waals surface area contributed by atoms with Crippen molar-refractivity contribution in [3.63, 3.8) is 0 Å². The van der Waals surface area contributed by atoms with Gasteiger partial charge in [-0.25, -0.2) is 4.79 Å². The molecule has 0 spiro atoms. The van der Waals surface area contributed by atoms with E-state index in [0.29, 0.717) is 18.2 Å². The summed E-state index contributed by atoms with van der Waals surface area (Å²) in [6.45, 7) is 5.68. The van der Waals surface area contributed by atoms with E-state index >= 15 is 0 Å². The molecule has 0 unspecified atom stereocenters. The Bertz CT molecular complexity index is 418. The van der Waals surface area contributed by atoms with Crippen LogP contribution < -0.4 is 4.74 Å². The second-order valence-corrected chi connectivity index (χ2v) is 5.12. The molecule has 106 valence electrons. The molecular weight excluding hydrogens is 240 g/mol. The molecule has 0 heterocycles. The molecule has 1 aromatic rings. The molecule has 0 fully saturated rings. The minimum atomic E-state index is -0.320. The van der Waals surface area contributed by atoms with Crippen molar-refractivity contribution < 1.29 is 9.53 Å². The standard InChI is InChI=1S/C15H24N2O2/c1-6-17(5)15(18)19-14-9-7-8-13(10-14)12(2)11-16(3)4/h7-10,12H,6,11H2,1-5H3/t12-/m1/s1. The molecule has 0 aliphatic rings. The van der Waals surface area contributed by atoms with Gasteiger partial charge in [-0.2, -0.15) is 0 Å². The highest BCUT2D eigenvalue weighted by Crippen LogP contribution is 2.21. The summed E-state index contributed by atoms with van der Waals surface area (Å²) in [4.78, 5) is 15.4. The van der Waals surface area contributed by atoms with Crippen molar-refractivity contribution in [3.8, 4) is 5.75 Å². The number of ether oxygens (including phenoxy) is 1. The average Bonchev–Trinajstić information content (AvgIpc) is 2.37. The number of rotatable bonds is 5. The molecule has 1 amide bonds. The Morgan fingerprint density at radius 2 is 2.00 bits per heavy atom. The first kappa shape index (κ1) is 15.5. The normalized spacial score (nSPS) is 12.3. The summed E-state index contributed by atoms with van der Waals surface area (Å²) in [6.07, 6.45) is -0.320. The average molecular weight is 264 g/mol. The van der Waals surface area contributed by atoms with Gasteiger partial charge in [-0.1, -0.05) is 19.1 Å². The molecule has 0 aliphatic carbocycles. The number of carbonyl (C=O) groups excluding carboxylic acids is 1. The highest BCUT2D eigenvalue weighted by molar-refractivity contribution is 5.70. The van der Waals surface area contributed by atoms with Gasteiger partial charge in [0.2, 0.25) is 0 Å². The lowest BCUT2D eigenvalue weighted by molar-refractivity contribution is 0.165. The molecule has 19 heavy (non-hydrogen) atoms. The van der Waals surface area contributed by atoms with Crippen LogP contribution in [0.5, 0.6) is 5.75 Å². The summed E-state index contributed by atoms with van der Waals surface area (Å²) in [6, 6.07) is 7.74. The van der Waals surface area contributed by atoms with Crippen LogP contribution in [0.25, 0.3) is 0 Å². The molecule has 0 N–H and O–H groups in total. The first-order valence-corrected chi connectivity index (χ1v) is 6.61. The zero-order chi connectivity index (χ0) is 14.4. The van der Waals surface area contributed by atoms with E-state index in [1.165, 1.54) is 10.5 Å². The van der Waals surface area contributed by atoms with Crippen LogP contribution >= 0.6 is 0 Å². The van der Waals surface area contributed by atoms with Crippen molar-refractivity contribution >= 4 is 6.09 Å².